The van der Waals surface area contributed by atoms with Crippen molar-refractivity contribution in [1.29, 1.82) is 0 Å². The number of thiocarbonyl (C=S) groups is 1. The van der Waals surface area contributed by atoms with Crippen LogP contribution in [-0.4, -0.2) is 21.6 Å². The van der Waals surface area contributed by atoms with Crippen LogP contribution in [0.25, 0.3) is 0 Å². The highest BCUT2D eigenvalue weighted by molar-refractivity contribution is 7.80. The largest absolute Gasteiger partial charge is 0.362 e. The number of nitrogens with one attached hydrogen (secondary N) is 2. The highest BCUT2D eigenvalue weighted by Crippen LogP contribution is 2.12. The molecule has 2 aromatic heterocycles. The number of aromatic nitrogens is 2. The lowest BCUT2D eigenvalue weighted by molar-refractivity contribution is 0.847. The lowest BCUT2D eigenvalue weighted by Gasteiger charge is -2.08. The second kappa shape index (κ2) is 6.63. The Morgan fingerprint density at radius 3 is 3.00 bits per heavy atom. The number of anilines is 1. The first-order chi connectivity index (χ1) is 8.75. The summed E-state index contributed by atoms with van der Waals surface area (Å²) >= 11 is 12.6. The molecular weight excluding hydrogens is 288 g/mol. The van der Waals surface area contributed by atoms with E-state index < -0.39 is 0 Å². The van der Waals surface area contributed by atoms with Crippen molar-refractivity contribution < 1.29 is 0 Å². The van der Waals surface area contributed by atoms with E-state index in [2.05, 4.69) is 20.6 Å². The molecule has 4 nitrogen and oxygen atoms in total. The molecule has 94 valence electrons. The monoisotopic (exact) mass is 298 g/mol. The quantitative estimate of drug-likeness (QED) is 0.850. The van der Waals surface area contributed by atoms with Crippen molar-refractivity contribution in [2.75, 3.05) is 11.9 Å². The Kier molecular flexibility index (Phi) is 4.86. The topological polar surface area (TPSA) is 49.8 Å². The third-order valence-corrected chi connectivity index (χ3v) is 3.41. The number of hydrogen-bond acceptors (Lipinski definition) is 4. The third-order valence-electron chi connectivity index (χ3n) is 2.13. The first-order valence-corrected chi connectivity index (χ1v) is 6.96. The van der Waals surface area contributed by atoms with Crippen LogP contribution < -0.4 is 10.6 Å². The predicted octanol–water partition coefficient (Wildman–Crippen LogP) is 2.72. The average Bonchev–Trinajstić information content (AvgIpc) is 2.84. The minimum Gasteiger partial charge on any atom is -0.362 e. The second-order valence-electron chi connectivity index (χ2n) is 3.40. The van der Waals surface area contributed by atoms with E-state index in [0.29, 0.717) is 16.7 Å². The highest BCUT2D eigenvalue weighted by atomic mass is 35.5. The lowest BCUT2D eigenvalue weighted by Crippen LogP contribution is -2.30. The summed E-state index contributed by atoms with van der Waals surface area (Å²) in [6.45, 7) is 0.675. The molecule has 0 amide bonds. The van der Waals surface area contributed by atoms with Crippen LogP contribution in [0.15, 0.2) is 29.9 Å². The molecule has 0 unspecified atom stereocenters. The van der Waals surface area contributed by atoms with Crippen molar-refractivity contribution in [3.8, 4) is 0 Å². The standard InChI is InChI=1S/C11H11ClN4S2/c12-8-2-1-4-13-9(8)3-5-14-10(17)16-11-15-6-7-18-11/h1-2,4,6-7H,3,5H2,(H2,14,15,16,17). The molecule has 0 aliphatic heterocycles. The van der Waals surface area contributed by atoms with E-state index in [1.165, 1.54) is 11.3 Å². The molecule has 2 aromatic rings. The maximum atomic E-state index is 6.01. The Morgan fingerprint density at radius 1 is 1.39 bits per heavy atom. The summed E-state index contributed by atoms with van der Waals surface area (Å²) < 4.78 is 0. The fourth-order valence-electron chi connectivity index (χ4n) is 1.32. The summed E-state index contributed by atoms with van der Waals surface area (Å²) in [4.78, 5) is 8.29. The first-order valence-electron chi connectivity index (χ1n) is 5.29. The molecular formula is C11H11ClN4S2. The van der Waals surface area contributed by atoms with E-state index in [1.807, 2.05) is 17.5 Å². The Bertz CT molecular complexity index is 516. The van der Waals surface area contributed by atoms with Gasteiger partial charge in [-0.1, -0.05) is 11.6 Å². The van der Waals surface area contributed by atoms with Gasteiger partial charge in [-0.2, -0.15) is 0 Å². The molecule has 0 saturated carbocycles. The number of pyridine rings is 1. The zero-order chi connectivity index (χ0) is 12.8. The molecule has 0 atom stereocenters. The van der Waals surface area contributed by atoms with Crippen LogP contribution in [0.1, 0.15) is 5.69 Å². The molecule has 0 aliphatic carbocycles. The van der Waals surface area contributed by atoms with Gasteiger partial charge in [-0.25, -0.2) is 4.98 Å². The fraction of sp³-hybridized carbons (Fsp3) is 0.182. The van der Waals surface area contributed by atoms with E-state index in [4.69, 9.17) is 23.8 Å². The van der Waals surface area contributed by atoms with Gasteiger partial charge in [-0.05, 0) is 24.4 Å². The predicted molar refractivity (Wildman–Crippen MR) is 79.3 cm³/mol. The normalized spacial score (nSPS) is 10.1. The van der Waals surface area contributed by atoms with Crippen molar-refractivity contribution in [2.45, 2.75) is 6.42 Å². The summed E-state index contributed by atoms with van der Waals surface area (Å²) in [6, 6.07) is 3.64. The van der Waals surface area contributed by atoms with Gasteiger partial charge in [-0.3, -0.25) is 4.98 Å². The molecule has 0 saturated heterocycles. The van der Waals surface area contributed by atoms with Gasteiger partial charge in [0.1, 0.15) is 0 Å². The van der Waals surface area contributed by atoms with Gasteiger partial charge >= 0.3 is 0 Å². The molecule has 0 spiro atoms. The molecule has 2 heterocycles. The molecule has 0 bridgehead atoms. The number of hydrogen-bond donors (Lipinski definition) is 2. The molecule has 7 heteroatoms. The van der Waals surface area contributed by atoms with Crippen molar-refractivity contribution in [2.24, 2.45) is 0 Å². The van der Waals surface area contributed by atoms with Gasteiger partial charge in [0.15, 0.2) is 10.2 Å². The Morgan fingerprint density at radius 2 is 2.28 bits per heavy atom. The highest BCUT2D eigenvalue weighted by Gasteiger charge is 2.02. The average molecular weight is 299 g/mol. The zero-order valence-electron chi connectivity index (χ0n) is 9.39. The SMILES string of the molecule is S=C(NCCc1ncccc1Cl)Nc1nccs1. The number of nitrogens with zero attached hydrogens (tertiary/aromatic N) is 2. The summed E-state index contributed by atoms with van der Waals surface area (Å²) in [5.74, 6) is 0. The molecule has 0 radical (unpaired) electrons. The summed E-state index contributed by atoms with van der Waals surface area (Å²) in [6.07, 6.45) is 4.18. The molecule has 2 rings (SSSR count). The molecule has 0 aromatic carbocycles. The summed E-state index contributed by atoms with van der Waals surface area (Å²) in [7, 11) is 0. The summed E-state index contributed by atoms with van der Waals surface area (Å²) in [5, 5.41) is 9.98. The number of thiazole rings is 1. The van der Waals surface area contributed by atoms with Crippen LogP contribution in [-0.2, 0) is 6.42 Å². The Labute approximate surface area is 119 Å². The van der Waals surface area contributed by atoms with Crippen LogP contribution in [0.4, 0.5) is 5.13 Å². The van der Waals surface area contributed by atoms with E-state index in [1.54, 1.807) is 12.4 Å². The lowest BCUT2D eigenvalue weighted by atomic mass is 10.3. The maximum absolute atomic E-state index is 6.01. The van der Waals surface area contributed by atoms with E-state index in [-0.39, 0.29) is 0 Å². The second-order valence-corrected chi connectivity index (χ2v) is 5.11. The van der Waals surface area contributed by atoms with Gasteiger partial charge in [0.2, 0.25) is 0 Å². The van der Waals surface area contributed by atoms with Crippen molar-refractivity contribution >= 4 is 45.4 Å². The minimum atomic E-state index is 0.553. The number of rotatable bonds is 4. The van der Waals surface area contributed by atoms with E-state index in [0.717, 1.165) is 17.2 Å². The van der Waals surface area contributed by atoms with Crippen molar-refractivity contribution in [3.05, 3.63) is 40.6 Å². The van der Waals surface area contributed by atoms with Crippen LogP contribution in [0, 0.1) is 0 Å². The van der Waals surface area contributed by atoms with E-state index >= 15 is 0 Å². The van der Waals surface area contributed by atoms with Gasteiger partial charge in [-0.15, -0.1) is 11.3 Å². The zero-order valence-corrected chi connectivity index (χ0v) is 11.8. The van der Waals surface area contributed by atoms with Crippen LogP contribution >= 0.6 is 35.2 Å². The van der Waals surface area contributed by atoms with Gasteiger partial charge in [0, 0.05) is 30.7 Å². The first kappa shape index (κ1) is 13.2. The maximum Gasteiger partial charge on any atom is 0.188 e. The minimum absolute atomic E-state index is 0.553. The fourth-order valence-corrected chi connectivity index (χ4v) is 2.34. The van der Waals surface area contributed by atoms with Gasteiger partial charge in [0.05, 0.1) is 10.7 Å². The third kappa shape index (κ3) is 3.90. The molecule has 18 heavy (non-hydrogen) atoms. The Hall–Kier alpha value is -1.24. The van der Waals surface area contributed by atoms with Gasteiger partial charge in [0.25, 0.3) is 0 Å². The van der Waals surface area contributed by atoms with Crippen molar-refractivity contribution in [1.82, 2.24) is 15.3 Å². The van der Waals surface area contributed by atoms with Crippen molar-refractivity contribution in [3.63, 3.8) is 0 Å². The smallest absolute Gasteiger partial charge is 0.188 e. The van der Waals surface area contributed by atoms with Gasteiger partial charge < -0.3 is 10.6 Å². The summed E-state index contributed by atoms with van der Waals surface area (Å²) in [5.41, 5.74) is 0.865. The van der Waals surface area contributed by atoms with Crippen LogP contribution in [0.3, 0.4) is 0 Å². The Balaban J connectivity index is 1.75. The molecule has 0 fully saturated rings. The number of halogens is 1. The van der Waals surface area contributed by atoms with E-state index in [9.17, 15) is 0 Å². The molecule has 0 aliphatic rings. The van der Waals surface area contributed by atoms with Crippen LogP contribution in [0.2, 0.25) is 5.02 Å². The molecule has 2 N–H and O–H groups in total. The van der Waals surface area contributed by atoms with Crippen LogP contribution in [0.5, 0.6) is 0 Å².